The molecule has 35 heavy (non-hydrogen) atoms. The number of likely N-dealkylation sites (tertiary alicyclic amines) is 1. The molecule has 0 aromatic carbocycles. The summed E-state index contributed by atoms with van der Waals surface area (Å²) in [5.41, 5.74) is 1.06. The molecule has 12 heteroatoms. The summed E-state index contributed by atoms with van der Waals surface area (Å²) in [4.78, 5) is 27.9. The number of pyridine rings is 1. The minimum atomic E-state index is -5.08. The zero-order valence-electron chi connectivity index (χ0n) is 19.5. The number of carboxylic acids is 1. The molecular formula is C23H28F3N3O6. The number of aromatic nitrogens is 2. The molecule has 192 valence electrons. The maximum atomic E-state index is 13.0. The molecule has 1 N–H and O–H groups in total. The van der Waals surface area contributed by atoms with Gasteiger partial charge in [-0.15, -0.1) is 0 Å². The van der Waals surface area contributed by atoms with Crippen molar-refractivity contribution >= 4 is 11.9 Å². The second kappa shape index (κ2) is 11.1. The molecule has 1 unspecified atom stereocenters. The molecular weight excluding hydrogens is 471 g/mol. The van der Waals surface area contributed by atoms with Gasteiger partial charge in [0.05, 0.1) is 25.4 Å². The highest BCUT2D eigenvalue weighted by molar-refractivity contribution is 5.96. The number of rotatable bonds is 7. The van der Waals surface area contributed by atoms with E-state index in [-0.39, 0.29) is 11.5 Å². The van der Waals surface area contributed by atoms with Crippen LogP contribution in [0.4, 0.5) is 13.2 Å². The molecule has 0 aliphatic carbocycles. The van der Waals surface area contributed by atoms with Crippen LogP contribution < -0.4 is 4.74 Å². The van der Waals surface area contributed by atoms with Crippen LogP contribution in [0, 0.1) is 12.8 Å². The Kier molecular flexibility index (Phi) is 8.36. The van der Waals surface area contributed by atoms with Crippen LogP contribution in [0.25, 0.3) is 0 Å². The van der Waals surface area contributed by atoms with Gasteiger partial charge in [-0.25, -0.2) is 9.78 Å². The van der Waals surface area contributed by atoms with Gasteiger partial charge < -0.3 is 24.0 Å². The number of carboxylic acid groups (broad SMARTS) is 1. The highest BCUT2D eigenvalue weighted by Crippen LogP contribution is 2.42. The number of halogens is 3. The van der Waals surface area contributed by atoms with Crippen molar-refractivity contribution in [1.29, 1.82) is 0 Å². The minimum Gasteiger partial charge on any atom is -0.478 e. The van der Waals surface area contributed by atoms with Crippen LogP contribution in [0.5, 0.6) is 5.88 Å². The van der Waals surface area contributed by atoms with Crippen molar-refractivity contribution in [3.8, 4) is 5.88 Å². The average molecular weight is 499 g/mol. The Hall–Kier alpha value is -3.15. The van der Waals surface area contributed by atoms with Crippen molar-refractivity contribution < 1.29 is 41.9 Å². The Labute approximate surface area is 200 Å². The maximum absolute atomic E-state index is 13.0. The van der Waals surface area contributed by atoms with Crippen LogP contribution in [0.2, 0.25) is 0 Å². The minimum absolute atomic E-state index is 0.00631. The highest BCUT2D eigenvalue weighted by Gasteiger charge is 2.54. The van der Waals surface area contributed by atoms with Gasteiger partial charge in [0.1, 0.15) is 16.9 Å². The van der Waals surface area contributed by atoms with E-state index in [1.165, 1.54) is 0 Å². The molecule has 4 rings (SSSR count). The molecule has 2 saturated heterocycles. The summed E-state index contributed by atoms with van der Waals surface area (Å²) in [6.07, 6.45) is 0.183. The highest BCUT2D eigenvalue weighted by atomic mass is 19.4. The van der Waals surface area contributed by atoms with Crippen molar-refractivity contribution in [2.45, 2.75) is 51.3 Å². The van der Waals surface area contributed by atoms with E-state index in [9.17, 15) is 18.0 Å². The number of hydrogen-bond acceptors (Lipinski definition) is 7. The molecule has 2 fully saturated rings. The third-order valence-electron chi connectivity index (χ3n) is 6.02. The smallest absolute Gasteiger partial charge is 0.478 e. The first-order valence-electron chi connectivity index (χ1n) is 11.3. The second-order valence-corrected chi connectivity index (χ2v) is 8.48. The van der Waals surface area contributed by atoms with E-state index in [1.807, 2.05) is 30.0 Å². The lowest BCUT2D eigenvalue weighted by Gasteiger charge is -2.50. The predicted octanol–water partition coefficient (Wildman–Crippen LogP) is 3.66. The first-order valence-corrected chi connectivity index (χ1v) is 11.3. The molecule has 2 aromatic heterocycles. The largest absolute Gasteiger partial charge is 0.490 e. The maximum Gasteiger partial charge on any atom is 0.490 e. The number of carbonyl (C=O) groups excluding carboxylic acids is 1. The Bertz CT molecular complexity index is 1010. The average Bonchev–Trinajstić information content (AvgIpc) is 3.37. The summed E-state index contributed by atoms with van der Waals surface area (Å²) in [5.74, 6) is -1.02. The van der Waals surface area contributed by atoms with Crippen molar-refractivity contribution in [3.05, 3.63) is 41.4 Å². The zero-order valence-corrected chi connectivity index (χ0v) is 19.5. The van der Waals surface area contributed by atoms with Crippen molar-refractivity contribution in [1.82, 2.24) is 15.0 Å². The third kappa shape index (κ3) is 6.30. The number of ether oxygens (including phenoxy) is 2. The normalized spacial score (nSPS) is 18.5. The predicted molar refractivity (Wildman–Crippen MR) is 116 cm³/mol. The monoisotopic (exact) mass is 499 g/mol. The van der Waals surface area contributed by atoms with Gasteiger partial charge in [-0.2, -0.15) is 13.2 Å². The molecule has 1 spiro atoms. The number of aryl methyl sites for hydroxylation is 2. The number of aliphatic carboxylic acids is 1. The summed E-state index contributed by atoms with van der Waals surface area (Å²) in [6.45, 7) is 6.48. The van der Waals surface area contributed by atoms with Gasteiger partial charge in [0, 0.05) is 25.3 Å². The van der Waals surface area contributed by atoms with Gasteiger partial charge in [-0.05, 0) is 38.2 Å². The second-order valence-electron chi connectivity index (χ2n) is 8.48. The molecule has 1 atom stereocenters. The molecule has 2 aromatic rings. The van der Waals surface area contributed by atoms with Crippen molar-refractivity contribution in [2.24, 2.45) is 5.92 Å². The number of hydrogen-bond donors (Lipinski definition) is 1. The van der Waals surface area contributed by atoms with E-state index in [0.717, 1.165) is 32.3 Å². The molecule has 0 saturated carbocycles. The molecule has 2 aliphatic heterocycles. The van der Waals surface area contributed by atoms with Crippen LogP contribution in [-0.4, -0.2) is 70.1 Å². The van der Waals surface area contributed by atoms with E-state index in [4.69, 9.17) is 23.9 Å². The molecule has 9 nitrogen and oxygen atoms in total. The Morgan fingerprint density at radius 3 is 2.63 bits per heavy atom. The standard InChI is InChI=1S/C21H27N3O4.C2HF3O2/c1-3-6-17-19(15(2)23-28-17)20(25)24-13-21(14-24)16(9-12-27-21)8-11-26-18-7-4-5-10-22-18;3-2(4,5)1(6)7/h4-5,7,10,16H,3,6,8-9,11-14H2,1-2H3;(H,6,7). The van der Waals surface area contributed by atoms with Crippen molar-refractivity contribution in [3.63, 3.8) is 0 Å². The fourth-order valence-corrected chi connectivity index (χ4v) is 4.27. The summed E-state index contributed by atoms with van der Waals surface area (Å²) in [5, 5.41) is 11.1. The molecule has 0 radical (unpaired) electrons. The van der Waals surface area contributed by atoms with Crippen LogP contribution in [-0.2, 0) is 16.0 Å². The fraction of sp³-hybridized carbons (Fsp3) is 0.565. The number of carbonyl (C=O) groups is 2. The molecule has 0 bridgehead atoms. The summed E-state index contributed by atoms with van der Waals surface area (Å²) < 4.78 is 48.9. The van der Waals surface area contributed by atoms with E-state index >= 15 is 0 Å². The number of nitrogens with zero attached hydrogens (tertiary/aromatic N) is 3. The third-order valence-corrected chi connectivity index (χ3v) is 6.02. The van der Waals surface area contributed by atoms with Gasteiger partial charge in [-0.1, -0.05) is 18.1 Å². The lowest BCUT2D eigenvalue weighted by molar-refractivity contribution is -0.192. The van der Waals surface area contributed by atoms with E-state index in [0.29, 0.717) is 48.5 Å². The van der Waals surface area contributed by atoms with E-state index in [2.05, 4.69) is 17.1 Å². The van der Waals surface area contributed by atoms with Crippen LogP contribution >= 0.6 is 0 Å². The van der Waals surface area contributed by atoms with Gasteiger partial charge in [-0.3, -0.25) is 4.79 Å². The Morgan fingerprint density at radius 2 is 2.03 bits per heavy atom. The van der Waals surface area contributed by atoms with Crippen LogP contribution in [0.1, 0.15) is 48.0 Å². The first-order chi connectivity index (χ1) is 16.6. The lowest BCUT2D eigenvalue weighted by Crippen LogP contribution is -2.66. The van der Waals surface area contributed by atoms with Gasteiger partial charge >= 0.3 is 12.1 Å². The number of amides is 1. The van der Waals surface area contributed by atoms with Gasteiger partial charge in [0.25, 0.3) is 5.91 Å². The first kappa shape index (κ1) is 26.5. The summed E-state index contributed by atoms with van der Waals surface area (Å²) >= 11 is 0. The Morgan fingerprint density at radius 1 is 1.31 bits per heavy atom. The molecule has 1 amide bonds. The molecule has 2 aliphatic rings. The van der Waals surface area contributed by atoms with Crippen LogP contribution in [0.3, 0.4) is 0 Å². The quantitative estimate of drug-likeness (QED) is 0.614. The van der Waals surface area contributed by atoms with Gasteiger partial charge in [0.15, 0.2) is 0 Å². The van der Waals surface area contributed by atoms with E-state index in [1.54, 1.807) is 6.20 Å². The van der Waals surface area contributed by atoms with Crippen molar-refractivity contribution in [2.75, 3.05) is 26.3 Å². The van der Waals surface area contributed by atoms with E-state index < -0.39 is 12.1 Å². The number of alkyl halides is 3. The van der Waals surface area contributed by atoms with Crippen LogP contribution in [0.15, 0.2) is 28.9 Å². The topological polar surface area (TPSA) is 115 Å². The fourth-order valence-electron chi connectivity index (χ4n) is 4.27. The summed E-state index contributed by atoms with van der Waals surface area (Å²) in [6, 6.07) is 5.65. The molecule has 4 heterocycles. The van der Waals surface area contributed by atoms with Gasteiger partial charge in [0.2, 0.25) is 5.88 Å². The zero-order chi connectivity index (χ0) is 25.6. The lowest BCUT2D eigenvalue weighted by atomic mass is 9.78. The Balaban J connectivity index is 0.000000429. The SMILES string of the molecule is CCCc1onc(C)c1C(=O)N1CC2(C1)OCCC2CCOc1ccccn1.O=C(O)C(F)(F)F. The summed E-state index contributed by atoms with van der Waals surface area (Å²) in [7, 11) is 0.